The molecule has 0 spiro atoms. The first-order valence-electron chi connectivity index (χ1n) is 9.72. The third kappa shape index (κ3) is 6.03. The third-order valence-corrected chi connectivity index (χ3v) is 4.63. The summed E-state index contributed by atoms with van der Waals surface area (Å²) in [7, 11) is 0. The van der Waals surface area contributed by atoms with Gasteiger partial charge in [0.05, 0.1) is 0 Å². The van der Waals surface area contributed by atoms with Crippen LogP contribution in [-0.4, -0.2) is 13.1 Å². The zero-order chi connectivity index (χ0) is 17.0. The minimum absolute atomic E-state index is 1.02. The Bertz CT molecular complexity index is 551. The average Bonchev–Trinajstić information content (AvgIpc) is 2.62. The molecule has 0 aliphatic heterocycles. The normalized spacial score (nSPS) is 10.8. The van der Waals surface area contributed by atoms with Crippen LogP contribution >= 0.6 is 0 Å². The SMILES string of the molecule is CCCCCN(CCCCC)c1ccccc1Cc1ccccc1. The predicted molar refractivity (Wildman–Crippen MR) is 107 cm³/mol. The van der Waals surface area contributed by atoms with E-state index >= 15 is 0 Å². The Morgan fingerprint density at radius 2 is 1.25 bits per heavy atom. The van der Waals surface area contributed by atoms with E-state index in [1.54, 1.807) is 0 Å². The van der Waals surface area contributed by atoms with Crippen LogP contribution in [0.25, 0.3) is 0 Å². The summed E-state index contributed by atoms with van der Waals surface area (Å²) in [5.74, 6) is 0. The van der Waals surface area contributed by atoms with Gasteiger partial charge in [-0.3, -0.25) is 0 Å². The van der Waals surface area contributed by atoms with Gasteiger partial charge in [0.2, 0.25) is 0 Å². The van der Waals surface area contributed by atoms with Crippen molar-refractivity contribution in [2.75, 3.05) is 18.0 Å². The summed E-state index contributed by atoms with van der Waals surface area (Å²) in [5, 5.41) is 0. The average molecular weight is 324 g/mol. The fourth-order valence-electron chi connectivity index (χ4n) is 3.24. The molecule has 1 heteroatoms. The van der Waals surface area contributed by atoms with E-state index in [1.165, 1.54) is 68.4 Å². The van der Waals surface area contributed by atoms with Crippen molar-refractivity contribution >= 4 is 5.69 Å². The first-order valence-corrected chi connectivity index (χ1v) is 9.72. The Morgan fingerprint density at radius 1 is 0.667 bits per heavy atom. The van der Waals surface area contributed by atoms with Gasteiger partial charge in [-0.25, -0.2) is 0 Å². The maximum Gasteiger partial charge on any atom is 0.0402 e. The van der Waals surface area contributed by atoms with Crippen LogP contribution in [0.2, 0.25) is 0 Å². The highest BCUT2D eigenvalue weighted by molar-refractivity contribution is 5.55. The summed E-state index contributed by atoms with van der Waals surface area (Å²) in [6.07, 6.45) is 8.83. The molecular weight excluding hydrogens is 290 g/mol. The molecule has 0 heterocycles. The molecule has 0 bridgehead atoms. The monoisotopic (exact) mass is 323 g/mol. The van der Waals surface area contributed by atoms with Gasteiger partial charge < -0.3 is 4.90 Å². The molecule has 0 radical (unpaired) electrons. The lowest BCUT2D eigenvalue weighted by atomic mass is 10.0. The van der Waals surface area contributed by atoms with Crippen LogP contribution in [0, 0.1) is 0 Å². The smallest absolute Gasteiger partial charge is 0.0402 e. The Hall–Kier alpha value is -1.76. The van der Waals surface area contributed by atoms with Crippen LogP contribution in [0.1, 0.15) is 63.5 Å². The summed E-state index contributed by atoms with van der Waals surface area (Å²) in [4.78, 5) is 2.63. The van der Waals surface area contributed by atoms with E-state index in [0.29, 0.717) is 0 Å². The van der Waals surface area contributed by atoms with Crippen molar-refractivity contribution in [3.63, 3.8) is 0 Å². The summed E-state index contributed by atoms with van der Waals surface area (Å²) in [6, 6.07) is 19.8. The number of rotatable bonds is 11. The fourth-order valence-corrected chi connectivity index (χ4v) is 3.24. The minimum atomic E-state index is 1.02. The van der Waals surface area contributed by atoms with Gasteiger partial charge in [0.25, 0.3) is 0 Å². The van der Waals surface area contributed by atoms with Crippen molar-refractivity contribution in [2.45, 2.75) is 58.8 Å². The van der Waals surface area contributed by atoms with E-state index in [4.69, 9.17) is 0 Å². The van der Waals surface area contributed by atoms with Gasteiger partial charge in [-0.1, -0.05) is 88.1 Å². The highest BCUT2D eigenvalue weighted by Crippen LogP contribution is 2.24. The third-order valence-electron chi connectivity index (χ3n) is 4.63. The topological polar surface area (TPSA) is 3.24 Å². The molecule has 0 saturated heterocycles. The predicted octanol–water partition coefficient (Wildman–Crippen LogP) is 6.46. The van der Waals surface area contributed by atoms with Crippen molar-refractivity contribution in [3.05, 3.63) is 65.7 Å². The van der Waals surface area contributed by atoms with Crippen molar-refractivity contribution in [2.24, 2.45) is 0 Å². The number of anilines is 1. The van der Waals surface area contributed by atoms with Crippen LogP contribution in [-0.2, 0) is 6.42 Å². The highest BCUT2D eigenvalue weighted by Gasteiger charge is 2.11. The van der Waals surface area contributed by atoms with E-state index in [-0.39, 0.29) is 0 Å². The van der Waals surface area contributed by atoms with Gasteiger partial charge in [0.15, 0.2) is 0 Å². The molecule has 0 atom stereocenters. The zero-order valence-corrected chi connectivity index (χ0v) is 15.5. The van der Waals surface area contributed by atoms with E-state index in [9.17, 15) is 0 Å². The summed E-state index contributed by atoms with van der Waals surface area (Å²) in [6.45, 7) is 6.93. The Kier molecular flexibility index (Phi) is 8.45. The zero-order valence-electron chi connectivity index (χ0n) is 15.5. The molecule has 2 aromatic carbocycles. The molecule has 0 unspecified atom stereocenters. The fraction of sp³-hybridized carbons (Fsp3) is 0.478. The van der Waals surface area contributed by atoms with Crippen molar-refractivity contribution in [1.82, 2.24) is 0 Å². The number of benzene rings is 2. The standard InChI is InChI=1S/C23H33N/c1-3-5-12-18-24(19-13-6-4-2)23-17-11-10-16-22(23)20-21-14-8-7-9-15-21/h7-11,14-17H,3-6,12-13,18-20H2,1-2H3. The van der Waals surface area contributed by atoms with Gasteiger partial charge in [-0.2, -0.15) is 0 Å². The van der Waals surface area contributed by atoms with Crippen LogP contribution < -0.4 is 4.90 Å². The van der Waals surface area contributed by atoms with Gasteiger partial charge in [-0.15, -0.1) is 0 Å². The quantitative estimate of drug-likeness (QED) is 0.429. The maximum atomic E-state index is 2.63. The molecule has 2 rings (SSSR count). The van der Waals surface area contributed by atoms with Gasteiger partial charge >= 0.3 is 0 Å². The van der Waals surface area contributed by atoms with E-state index in [1.807, 2.05) is 0 Å². The molecule has 0 aromatic heterocycles. The molecule has 0 aliphatic rings. The number of nitrogens with zero attached hydrogens (tertiary/aromatic N) is 1. The molecular formula is C23H33N. The van der Waals surface area contributed by atoms with E-state index < -0.39 is 0 Å². The molecule has 130 valence electrons. The van der Waals surface area contributed by atoms with Gasteiger partial charge in [0, 0.05) is 18.8 Å². The second kappa shape index (κ2) is 10.9. The largest absolute Gasteiger partial charge is 0.371 e. The first-order chi connectivity index (χ1) is 11.8. The molecule has 0 fully saturated rings. The minimum Gasteiger partial charge on any atom is -0.371 e. The summed E-state index contributed by atoms with van der Waals surface area (Å²) in [5.41, 5.74) is 4.29. The molecule has 0 amide bonds. The lowest BCUT2D eigenvalue weighted by molar-refractivity contribution is 0.635. The summed E-state index contributed by atoms with van der Waals surface area (Å²) >= 11 is 0. The molecule has 1 nitrogen and oxygen atoms in total. The number of hydrogen-bond acceptors (Lipinski definition) is 1. The molecule has 2 aromatic rings. The molecule has 24 heavy (non-hydrogen) atoms. The second-order valence-corrected chi connectivity index (χ2v) is 6.69. The molecule has 0 N–H and O–H groups in total. The van der Waals surface area contributed by atoms with Gasteiger partial charge in [0.1, 0.15) is 0 Å². The number of hydrogen-bond donors (Lipinski definition) is 0. The lowest BCUT2D eigenvalue weighted by Gasteiger charge is -2.27. The maximum absolute atomic E-state index is 2.63. The summed E-state index contributed by atoms with van der Waals surface area (Å²) < 4.78 is 0. The van der Waals surface area contributed by atoms with Crippen molar-refractivity contribution in [3.8, 4) is 0 Å². The van der Waals surface area contributed by atoms with Crippen LogP contribution in [0.3, 0.4) is 0 Å². The Labute approximate surface area is 148 Å². The van der Waals surface area contributed by atoms with Crippen LogP contribution in [0.5, 0.6) is 0 Å². The first kappa shape index (κ1) is 18.6. The number of unbranched alkanes of at least 4 members (excludes halogenated alkanes) is 4. The lowest BCUT2D eigenvalue weighted by Crippen LogP contribution is -2.26. The van der Waals surface area contributed by atoms with E-state index in [0.717, 1.165) is 6.42 Å². The van der Waals surface area contributed by atoms with Crippen LogP contribution in [0.15, 0.2) is 54.6 Å². The highest BCUT2D eigenvalue weighted by atomic mass is 15.1. The molecule has 0 saturated carbocycles. The number of para-hydroxylation sites is 1. The Morgan fingerprint density at radius 3 is 1.88 bits per heavy atom. The van der Waals surface area contributed by atoms with Crippen molar-refractivity contribution in [1.29, 1.82) is 0 Å². The molecule has 0 aliphatic carbocycles. The van der Waals surface area contributed by atoms with Crippen molar-refractivity contribution < 1.29 is 0 Å². The van der Waals surface area contributed by atoms with Crippen LogP contribution in [0.4, 0.5) is 5.69 Å². The van der Waals surface area contributed by atoms with Gasteiger partial charge in [-0.05, 0) is 36.5 Å². The Balaban J connectivity index is 2.14. The second-order valence-electron chi connectivity index (χ2n) is 6.69. The van der Waals surface area contributed by atoms with E-state index in [2.05, 4.69) is 73.3 Å².